The average Bonchev–Trinajstić information content (AvgIpc) is 3.23. The van der Waals surface area contributed by atoms with E-state index < -0.39 is 59.8 Å². The molecule has 13 unspecified atom stereocenters. The molecule has 1 amide bonds. The molecule has 61 heavy (non-hydrogen) atoms. The van der Waals surface area contributed by atoms with Crippen LogP contribution in [0, 0.1) is 29.6 Å². The number of methoxy groups -OCH3 is 2. The molecule has 4 N–H and O–H groups in total. The van der Waals surface area contributed by atoms with Gasteiger partial charge < -0.3 is 44.5 Å². The number of allylic oxidation sites excluding steroid dienone is 3. The summed E-state index contributed by atoms with van der Waals surface area (Å²) in [6, 6.07) is 5.38. The summed E-state index contributed by atoms with van der Waals surface area (Å²) >= 11 is 0. The molecule has 2 saturated heterocycles. The summed E-state index contributed by atoms with van der Waals surface area (Å²) in [5.41, 5.74) is 8.41. The molecule has 1 aromatic carbocycles. The van der Waals surface area contributed by atoms with Crippen molar-refractivity contribution in [3.63, 3.8) is 0 Å². The number of hydrogen-bond donors (Lipinski definition) is 3. The van der Waals surface area contributed by atoms with E-state index in [1.807, 2.05) is 27.7 Å². The van der Waals surface area contributed by atoms with Gasteiger partial charge in [-0.25, -0.2) is 4.79 Å². The maximum Gasteiger partial charge on any atom is 0.329 e. The highest BCUT2D eigenvalue weighted by Crippen LogP contribution is 2.39. The molecule has 13 atom stereocenters. The van der Waals surface area contributed by atoms with Crippen LogP contribution in [0.1, 0.15) is 119 Å². The van der Waals surface area contributed by atoms with Gasteiger partial charge in [0.2, 0.25) is 5.79 Å². The van der Waals surface area contributed by atoms with Crippen molar-refractivity contribution in [1.29, 1.82) is 0 Å². The largest absolute Gasteiger partial charge is 0.508 e. The van der Waals surface area contributed by atoms with E-state index in [1.54, 1.807) is 45.4 Å². The van der Waals surface area contributed by atoms with Crippen molar-refractivity contribution in [3.05, 3.63) is 47.6 Å². The lowest BCUT2D eigenvalue weighted by molar-refractivity contribution is -0.302. The summed E-state index contributed by atoms with van der Waals surface area (Å²) in [7, 11) is 3.10. The van der Waals surface area contributed by atoms with Crippen LogP contribution in [-0.4, -0.2) is 108 Å². The van der Waals surface area contributed by atoms with E-state index in [-0.39, 0.29) is 66.7 Å². The highest BCUT2D eigenvalue weighted by Gasteiger charge is 2.56. The molecule has 13 nitrogen and oxygen atoms in total. The van der Waals surface area contributed by atoms with Crippen molar-refractivity contribution in [2.24, 2.45) is 35.3 Å². The number of piperidine rings is 1. The Balaban J connectivity index is 1.48. The Bertz CT molecular complexity index is 1750. The lowest BCUT2D eigenvalue weighted by Gasteiger charge is -2.47. The Morgan fingerprint density at radius 1 is 0.984 bits per heavy atom. The van der Waals surface area contributed by atoms with Crippen LogP contribution in [0.2, 0.25) is 0 Å². The number of hydrogen-bond acceptors (Lipinski definition) is 12. The number of rotatable bonds is 7. The lowest BCUT2D eigenvalue weighted by Crippen LogP contribution is -2.64. The minimum atomic E-state index is -2.48. The van der Waals surface area contributed by atoms with Gasteiger partial charge in [0, 0.05) is 51.1 Å². The first-order chi connectivity index (χ1) is 29.0. The van der Waals surface area contributed by atoms with E-state index in [0.29, 0.717) is 63.5 Å². The summed E-state index contributed by atoms with van der Waals surface area (Å²) in [4.78, 5) is 58.1. The molecule has 3 heterocycles. The second-order valence-corrected chi connectivity index (χ2v) is 18.5. The predicted molar refractivity (Wildman–Crippen MR) is 230 cm³/mol. The molecule has 1 saturated carbocycles. The second-order valence-electron chi connectivity index (χ2n) is 18.5. The number of aliphatic hydroxyl groups is 1. The third-order valence-electron chi connectivity index (χ3n) is 13.6. The smallest absolute Gasteiger partial charge is 0.329 e. The fraction of sp³-hybridized carbons (Fsp3) is 0.708. The summed E-state index contributed by atoms with van der Waals surface area (Å²) in [5, 5.41) is 22.1. The van der Waals surface area contributed by atoms with E-state index in [2.05, 4.69) is 19.1 Å². The van der Waals surface area contributed by atoms with Crippen LogP contribution < -0.4 is 10.5 Å². The molecular weight excluding hydrogens is 781 g/mol. The number of aromatic hydroxyl groups is 1. The van der Waals surface area contributed by atoms with E-state index in [9.17, 15) is 29.4 Å². The number of amides is 1. The van der Waals surface area contributed by atoms with Gasteiger partial charge in [0.25, 0.3) is 11.7 Å². The van der Waals surface area contributed by atoms with Crippen LogP contribution in [0.4, 0.5) is 0 Å². The van der Waals surface area contributed by atoms with E-state index in [1.165, 1.54) is 4.90 Å². The molecule has 0 spiro atoms. The lowest BCUT2D eigenvalue weighted by atomic mass is 9.81. The van der Waals surface area contributed by atoms with Crippen molar-refractivity contribution < 1.29 is 53.1 Å². The zero-order valence-corrected chi connectivity index (χ0v) is 37.7. The standard InChI is InChI=1S/C48H72N2O11/c1-9-34-22-28(2)21-29(3)23-41(57-7)44-42(58-8)25-32(6)48(56,61-44)45(53)46(54)50-20-11-10-15-38(50)47(55)60-43(30(4)16-19-39(34)52)31(5)24-33-17-18-37(49)40(26-33)59-36-14-12-13-35(51)27-36/h12-14,22,24,27,29-30,32-34,37-38,40-44,51,56H,9-11,15-21,23,25-26,49H2,1-8H3. The van der Waals surface area contributed by atoms with E-state index >= 15 is 0 Å². The molecule has 0 radical (unpaired) electrons. The van der Waals surface area contributed by atoms with Crippen LogP contribution in [-0.2, 0) is 38.1 Å². The predicted octanol–water partition coefficient (Wildman–Crippen LogP) is 6.61. The molecule has 2 bridgehead atoms. The van der Waals surface area contributed by atoms with Gasteiger partial charge in [-0.15, -0.1) is 0 Å². The van der Waals surface area contributed by atoms with Crippen molar-refractivity contribution in [2.75, 3.05) is 20.8 Å². The first-order valence-corrected chi connectivity index (χ1v) is 22.6. The Labute approximate surface area is 362 Å². The summed E-state index contributed by atoms with van der Waals surface area (Å²) in [5.74, 6) is -5.71. The quantitative estimate of drug-likeness (QED) is 0.152. The van der Waals surface area contributed by atoms with Crippen molar-refractivity contribution in [1.82, 2.24) is 4.90 Å². The van der Waals surface area contributed by atoms with E-state index in [0.717, 1.165) is 17.6 Å². The third-order valence-corrected chi connectivity index (χ3v) is 13.6. The first kappa shape index (κ1) is 48.4. The Kier molecular flexibility index (Phi) is 17.2. The number of ether oxygens (including phenoxy) is 5. The summed E-state index contributed by atoms with van der Waals surface area (Å²) in [6.07, 6.45) is 7.60. The average molecular weight is 853 g/mol. The molecule has 5 rings (SSSR count). The van der Waals surface area contributed by atoms with Crippen LogP contribution in [0.25, 0.3) is 0 Å². The number of ketones is 2. The number of phenolic OH excluding ortho intramolecular Hbond substituents is 1. The maximum atomic E-state index is 14.4. The molecule has 340 valence electrons. The molecule has 1 aliphatic carbocycles. The SMILES string of the molecule is CCC1C=C(C)CC(C)CC(OC)C2OC(O)(C(=O)C(=O)N3CCCCC3C(=O)OC(C(C)=CC3CCC(N)C(Oc4cccc(O)c4)C3)C(C)CCC1=O)C(C)CC2OC. The summed E-state index contributed by atoms with van der Waals surface area (Å²) in [6.45, 7) is 11.8. The van der Waals surface area contributed by atoms with Crippen LogP contribution in [0.15, 0.2) is 47.6 Å². The molecule has 4 aliphatic rings. The highest BCUT2D eigenvalue weighted by molar-refractivity contribution is 6.39. The van der Waals surface area contributed by atoms with Crippen LogP contribution >= 0.6 is 0 Å². The molecular formula is C48H72N2O11. The minimum absolute atomic E-state index is 0.0441. The van der Waals surface area contributed by atoms with Crippen molar-refractivity contribution >= 4 is 23.4 Å². The van der Waals surface area contributed by atoms with Gasteiger partial charge in [-0.1, -0.05) is 51.5 Å². The van der Waals surface area contributed by atoms with Crippen LogP contribution in [0.5, 0.6) is 11.5 Å². The Morgan fingerprint density at radius 2 is 1.70 bits per heavy atom. The highest BCUT2D eigenvalue weighted by atomic mass is 16.7. The van der Waals surface area contributed by atoms with Gasteiger partial charge in [0.15, 0.2) is 0 Å². The number of carbonyl (C=O) groups excluding carboxylic acids is 4. The summed E-state index contributed by atoms with van der Waals surface area (Å²) < 4.78 is 30.7. The Morgan fingerprint density at radius 3 is 2.39 bits per heavy atom. The first-order valence-electron chi connectivity index (χ1n) is 22.6. The van der Waals surface area contributed by atoms with Crippen molar-refractivity contribution in [3.8, 4) is 11.5 Å². The Hall–Kier alpha value is -3.62. The molecule has 1 aromatic rings. The van der Waals surface area contributed by atoms with E-state index in [4.69, 9.17) is 29.4 Å². The van der Waals surface area contributed by atoms with Gasteiger partial charge >= 0.3 is 5.97 Å². The number of Topliss-reactive ketones (excluding diaryl/α,β-unsaturated/α-hetero) is 2. The van der Waals surface area contributed by atoms with Gasteiger partial charge in [-0.3, -0.25) is 14.4 Å². The number of nitrogens with zero attached hydrogens (tertiary/aromatic N) is 1. The monoisotopic (exact) mass is 853 g/mol. The number of benzene rings is 1. The normalized spacial score (nSPS) is 36.9. The molecule has 13 heteroatoms. The van der Waals surface area contributed by atoms with Crippen molar-refractivity contribution in [2.45, 2.75) is 167 Å². The number of fused-ring (bicyclic) bond motifs is 3. The molecule has 0 aromatic heterocycles. The van der Waals surface area contributed by atoms with Gasteiger partial charge in [-0.2, -0.15) is 0 Å². The number of nitrogens with two attached hydrogens (primary N) is 1. The third kappa shape index (κ3) is 11.9. The number of cyclic esters (lactones) is 1. The van der Waals surface area contributed by atoms with Crippen LogP contribution in [0.3, 0.4) is 0 Å². The fourth-order valence-electron chi connectivity index (χ4n) is 10.0. The zero-order valence-electron chi connectivity index (χ0n) is 37.7. The number of esters is 1. The topological polar surface area (TPSA) is 184 Å². The zero-order chi connectivity index (χ0) is 44.6. The van der Waals surface area contributed by atoms with Gasteiger partial charge in [0.1, 0.15) is 41.6 Å². The second kappa shape index (κ2) is 21.6. The molecule has 3 fully saturated rings. The van der Waals surface area contributed by atoms with Gasteiger partial charge in [0.05, 0.1) is 12.2 Å². The number of phenols is 1. The molecule has 3 aliphatic heterocycles. The maximum absolute atomic E-state index is 14.4. The minimum Gasteiger partial charge on any atom is -0.508 e. The number of carbonyl (C=O) groups is 4. The van der Waals surface area contributed by atoms with Gasteiger partial charge in [-0.05, 0) is 120 Å². The fourth-order valence-corrected chi connectivity index (χ4v) is 10.0.